The average molecular weight is 431 g/mol. The third kappa shape index (κ3) is 31.6. The fourth-order valence-electron chi connectivity index (χ4n) is 2.20. The largest absolute Gasteiger partial charge is 0.854 e. The Morgan fingerprint density at radius 3 is 1.47 bits per heavy atom. The van der Waals surface area contributed by atoms with E-state index in [1.807, 2.05) is 47.8 Å². The first-order valence-corrected chi connectivity index (χ1v) is 11.9. The molecule has 182 valence electrons. The minimum Gasteiger partial charge on any atom is -0.854 e. The van der Waals surface area contributed by atoms with Gasteiger partial charge in [0.05, 0.1) is 0 Å². The monoisotopic (exact) mass is 430 g/mol. The number of hydrogen-bond donors (Lipinski definition) is 0. The highest BCUT2D eigenvalue weighted by Gasteiger charge is 2.09. The molecule has 2 saturated heterocycles. The number of ether oxygens (including phenoxy) is 2. The molecule has 0 amide bonds. The van der Waals surface area contributed by atoms with Crippen LogP contribution in [-0.4, -0.2) is 59.0 Å². The summed E-state index contributed by atoms with van der Waals surface area (Å²) >= 11 is 0. The van der Waals surface area contributed by atoms with Crippen LogP contribution in [0.5, 0.6) is 0 Å². The van der Waals surface area contributed by atoms with Gasteiger partial charge in [0.1, 0.15) is 12.5 Å². The molecule has 0 saturated carbocycles. The van der Waals surface area contributed by atoms with E-state index in [4.69, 9.17) is 9.47 Å². The molecule has 2 aliphatic heterocycles. The third-order valence-corrected chi connectivity index (χ3v) is 3.63. The van der Waals surface area contributed by atoms with E-state index in [0.717, 1.165) is 45.3 Å². The molecule has 0 radical (unpaired) electrons. The lowest BCUT2D eigenvalue weighted by molar-refractivity contribution is -0.368. The normalized spacial score (nSPS) is 19.3. The summed E-state index contributed by atoms with van der Waals surface area (Å²) in [5, 5.41) is 9.85. The van der Waals surface area contributed by atoms with Crippen molar-refractivity contribution >= 4 is 19.6 Å². The van der Waals surface area contributed by atoms with Gasteiger partial charge in [-0.05, 0) is 71.0 Å². The Bertz CT molecular complexity index is 293. The van der Waals surface area contributed by atoms with Gasteiger partial charge >= 0.3 is 0 Å². The molecule has 0 aromatic rings. The number of aliphatic imine (C=N–C) groups is 3. The van der Waals surface area contributed by atoms with Gasteiger partial charge in [-0.25, -0.2) is 0 Å². The van der Waals surface area contributed by atoms with Gasteiger partial charge in [-0.15, -0.1) is 6.61 Å². The number of rotatable bonds is 6. The zero-order valence-electron chi connectivity index (χ0n) is 21.2. The van der Waals surface area contributed by atoms with Crippen LogP contribution in [0.1, 0.15) is 99.3 Å². The lowest BCUT2D eigenvalue weighted by Crippen LogP contribution is -2.15. The molecule has 2 fully saturated rings. The van der Waals surface area contributed by atoms with E-state index in [0.29, 0.717) is 0 Å². The third-order valence-electron chi connectivity index (χ3n) is 3.63. The van der Waals surface area contributed by atoms with Crippen LogP contribution >= 0.6 is 0 Å². The van der Waals surface area contributed by atoms with Gasteiger partial charge in [-0.3, -0.25) is 9.98 Å². The van der Waals surface area contributed by atoms with Crippen molar-refractivity contribution in [2.24, 2.45) is 15.0 Å². The maximum atomic E-state index is 9.85. The van der Waals surface area contributed by atoms with Gasteiger partial charge in [0.2, 0.25) is 0 Å². The van der Waals surface area contributed by atoms with Crippen LogP contribution in [0.15, 0.2) is 15.0 Å². The molecule has 0 aliphatic carbocycles. The van der Waals surface area contributed by atoms with Crippen molar-refractivity contribution in [3.05, 3.63) is 0 Å². The summed E-state index contributed by atoms with van der Waals surface area (Å²) < 4.78 is 10.4. The summed E-state index contributed by atoms with van der Waals surface area (Å²) in [6.07, 6.45) is 11.7. The minimum absolute atomic E-state index is 0.0531. The SMILES string of the molecule is C=NC1CCCCO1.C=NC1CCCCO1.CC.CC.CC.CN=CCCCC[O-]. The fraction of sp³-hybridized carbons (Fsp3) is 0.875. The number of hydrogen-bond acceptors (Lipinski definition) is 6. The summed E-state index contributed by atoms with van der Waals surface area (Å²) in [6.45, 7) is 20.6. The lowest BCUT2D eigenvalue weighted by Gasteiger charge is -2.17. The van der Waals surface area contributed by atoms with Crippen LogP contribution in [0.4, 0.5) is 0 Å². The van der Waals surface area contributed by atoms with Crippen molar-refractivity contribution in [2.45, 2.75) is 112 Å². The maximum Gasteiger partial charge on any atom is 0.147 e. The molecular weight excluding hydrogens is 378 g/mol. The zero-order chi connectivity index (χ0) is 23.9. The van der Waals surface area contributed by atoms with Crippen molar-refractivity contribution in [1.82, 2.24) is 0 Å². The molecule has 0 aromatic heterocycles. The minimum atomic E-state index is 0.0531. The van der Waals surface area contributed by atoms with Crippen molar-refractivity contribution in [2.75, 3.05) is 26.9 Å². The molecule has 6 nitrogen and oxygen atoms in total. The summed E-state index contributed by atoms with van der Waals surface area (Å²) in [4.78, 5) is 11.3. The predicted octanol–water partition coefficient (Wildman–Crippen LogP) is 5.72. The summed E-state index contributed by atoms with van der Waals surface area (Å²) in [5.41, 5.74) is 0. The van der Waals surface area contributed by atoms with E-state index in [2.05, 4.69) is 28.4 Å². The van der Waals surface area contributed by atoms with E-state index >= 15 is 0 Å². The van der Waals surface area contributed by atoms with Crippen LogP contribution in [0.25, 0.3) is 0 Å². The highest BCUT2D eigenvalue weighted by molar-refractivity contribution is 5.56. The van der Waals surface area contributed by atoms with E-state index in [9.17, 15) is 5.11 Å². The van der Waals surface area contributed by atoms with E-state index in [-0.39, 0.29) is 19.1 Å². The molecular formula is C24H52N3O3-. The van der Waals surface area contributed by atoms with Crippen molar-refractivity contribution in [1.29, 1.82) is 0 Å². The quantitative estimate of drug-likeness (QED) is 0.399. The smallest absolute Gasteiger partial charge is 0.147 e. The Hall–Kier alpha value is -1.11. The highest BCUT2D eigenvalue weighted by atomic mass is 16.5. The highest BCUT2D eigenvalue weighted by Crippen LogP contribution is 2.12. The molecule has 6 heteroatoms. The summed E-state index contributed by atoms with van der Waals surface area (Å²) in [5.74, 6) is 0. The van der Waals surface area contributed by atoms with Crippen LogP contribution in [0.2, 0.25) is 0 Å². The van der Waals surface area contributed by atoms with Crippen molar-refractivity contribution in [3.63, 3.8) is 0 Å². The van der Waals surface area contributed by atoms with Gasteiger partial charge in [-0.1, -0.05) is 48.0 Å². The first-order chi connectivity index (χ1) is 14.8. The second-order valence-electron chi connectivity index (χ2n) is 5.65. The lowest BCUT2D eigenvalue weighted by atomic mass is 10.2. The predicted molar refractivity (Wildman–Crippen MR) is 133 cm³/mol. The molecule has 0 bridgehead atoms. The second kappa shape index (κ2) is 38.5. The Labute approximate surface area is 188 Å². The van der Waals surface area contributed by atoms with Crippen molar-refractivity contribution in [3.8, 4) is 0 Å². The topological polar surface area (TPSA) is 78.6 Å². The molecule has 0 N–H and O–H groups in total. The summed E-state index contributed by atoms with van der Waals surface area (Å²) in [6, 6.07) is 0. The Morgan fingerprint density at radius 2 is 1.23 bits per heavy atom. The first kappa shape index (κ1) is 36.3. The first-order valence-electron chi connectivity index (χ1n) is 11.9. The molecule has 2 unspecified atom stereocenters. The number of unbranched alkanes of at least 4 members (excludes halogenated alkanes) is 2. The molecule has 0 aromatic carbocycles. The fourth-order valence-corrected chi connectivity index (χ4v) is 2.20. The Kier molecular flexibility index (Phi) is 46.5. The molecule has 0 spiro atoms. The van der Waals surface area contributed by atoms with Gasteiger partial charge in [0.25, 0.3) is 0 Å². The zero-order valence-corrected chi connectivity index (χ0v) is 21.2. The maximum absolute atomic E-state index is 9.85. The molecule has 2 rings (SSSR count). The van der Waals surface area contributed by atoms with Crippen molar-refractivity contribution < 1.29 is 14.6 Å². The molecule has 2 heterocycles. The van der Waals surface area contributed by atoms with Crippen LogP contribution < -0.4 is 5.11 Å². The Balaban J connectivity index is -0.000000150. The number of nitrogens with zero attached hydrogens (tertiary/aromatic N) is 3. The van der Waals surface area contributed by atoms with Gasteiger partial charge in [0, 0.05) is 20.3 Å². The molecule has 30 heavy (non-hydrogen) atoms. The van der Waals surface area contributed by atoms with Crippen LogP contribution in [-0.2, 0) is 9.47 Å². The van der Waals surface area contributed by atoms with Gasteiger partial charge < -0.3 is 19.6 Å². The van der Waals surface area contributed by atoms with Gasteiger partial charge in [0.15, 0.2) is 0 Å². The van der Waals surface area contributed by atoms with Gasteiger partial charge in [-0.2, -0.15) is 0 Å². The van der Waals surface area contributed by atoms with E-state index < -0.39 is 0 Å². The van der Waals surface area contributed by atoms with E-state index in [1.54, 1.807) is 7.05 Å². The molecule has 2 atom stereocenters. The summed E-state index contributed by atoms with van der Waals surface area (Å²) in [7, 11) is 1.75. The Morgan fingerprint density at radius 1 is 0.800 bits per heavy atom. The second-order valence-corrected chi connectivity index (χ2v) is 5.65. The standard InChI is InChI=1S/2C6H11NO.C6H12NO.3C2H6/c2*1-7-6-4-2-3-5-8-6;1-7-5-3-2-4-6-8;3*1-2/h2*6H,1-5H2;5H,2-4,6H2,1H3;3*1-2H3/q;;-1;;;. The van der Waals surface area contributed by atoms with E-state index in [1.165, 1.54) is 25.7 Å². The van der Waals surface area contributed by atoms with Crippen LogP contribution in [0.3, 0.4) is 0 Å². The average Bonchev–Trinajstić information content (AvgIpc) is 2.87. The van der Waals surface area contributed by atoms with Crippen LogP contribution in [0, 0.1) is 0 Å². The molecule has 2 aliphatic rings.